The number of benzene rings is 1. The number of nitrogens with zero attached hydrogens (tertiary/aromatic N) is 1. The smallest absolute Gasteiger partial charge is 0.0650 e. The van der Waals surface area contributed by atoms with Crippen LogP contribution in [0.2, 0.25) is 0 Å². The van der Waals surface area contributed by atoms with Crippen molar-refractivity contribution >= 4 is 5.69 Å². The van der Waals surface area contributed by atoms with Crippen LogP contribution in [0.5, 0.6) is 0 Å². The molecule has 17 heavy (non-hydrogen) atoms. The molecule has 1 aliphatic rings. The molecular weight excluding hydrogens is 210 g/mol. The summed E-state index contributed by atoms with van der Waals surface area (Å²) in [7, 11) is 0. The largest absolute Gasteiger partial charge is 0.382 e. The van der Waals surface area contributed by atoms with Crippen molar-refractivity contribution in [1.29, 1.82) is 0 Å². The van der Waals surface area contributed by atoms with Gasteiger partial charge in [-0.25, -0.2) is 0 Å². The summed E-state index contributed by atoms with van der Waals surface area (Å²) in [4.78, 5) is 0. The Bertz CT molecular complexity index is 486. The lowest BCUT2D eigenvalue weighted by molar-refractivity contribution is 0.694. The van der Waals surface area contributed by atoms with Crippen LogP contribution in [0.3, 0.4) is 0 Å². The van der Waals surface area contributed by atoms with E-state index >= 15 is 0 Å². The van der Waals surface area contributed by atoms with E-state index in [-0.39, 0.29) is 0 Å². The molecule has 0 aliphatic heterocycles. The molecule has 1 atom stereocenters. The third-order valence-corrected chi connectivity index (χ3v) is 3.40. The highest BCUT2D eigenvalue weighted by molar-refractivity contribution is 5.64. The molecule has 3 heteroatoms. The van der Waals surface area contributed by atoms with Crippen LogP contribution in [0, 0.1) is 5.92 Å². The molecule has 3 nitrogen and oxygen atoms in total. The number of hydrogen-bond donors (Lipinski definition) is 2. The predicted octanol–water partition coefficient (Wildman–Crippen LogP) is 3.29. The minimum atomic E-state index is 0.576. The summed E-state index contributed by atoms with van der Waals surface area (Å²) in [6.07, 6.45) is 4.52. The van der Waals surface area contributed by atoms with Gasteiger partial charge in [0.1, 0.15) is 0 Å². The van der Waals surface area contributed by atoms with E-state index in [1.807, 2.05) is 6.07 Å². The number of anilines is 1. The fourth-order valence-corrected chi connectivity index (χ4v) is 2.17. The summed E-state index contributed by atoms with van der Waals surface area (Å²) in [5, 5.41) is 10.5. The first-order valence-corrected chi connectivity index (χ1v) is 6.19. The minimum absolute atomic E-state index is 0.576. The van der Waals surface area contributed by atoms with Gasteiger partial charge in [0.05, 0.1) is 5.69 Å². The fraction of sp³-hybridized carbons (Fsp3) is 0.357. The number of aromatic nitrogens is 2. The summed E-state index contributed by atoms with van der Waals surface area (Å²) in [6, 6.07) is 11.0. The Morgan fingerprint density at radius 3 is 2.94 bits per heavy atom. The molecule has 1 saturated carbocycles. The van der Waals surface area contributed by atoms with Gasteiger partial charge >= 0.3 is 0 Å². The summed E-state index contributed by atoms with van der Waals surface area (Å²) >= 11 is 0. The van der Waals surface area contributed by atoms with Gasteiger partial charge < -0.3 is 5.32 Å². The Balaban J connectivity index is 1.79. The van der Waals surface area contributed by atoms with Crippen LogP contribution >= 0.6 is 0 Å². The quantitative estimate of drug-likeness (QED) is 0.841. The molecule has 3 rings (SSSR count). The molecule has 0 amide bonds. The number of rotatable bonds is 4. The first kappa shape index (κ1) is 10.4. The number of aromatic amines is 1. The van der Waals surface area contributed by atoms with Gasteiger partial charge in [-0.1, -0.05) is 12.1 Å². The molecule has 1 fully saturated rings. The van der Waals surface area contributed by atoms with Crippen molar-refractivity contribution in [3.63, 3.8) is 0 Å². The Morgan fingerprint density at radius 1 is 1.35 bits per heavy atom. The van der Waals surface area contributed by atoms with Crippen molar-refractivity contribution in [3.05, 3.63) is 36.5 Å². The lowest BCUT2D eigenvalue weighted by Gasteiger charge is -2.14. The van der Waals surface area contributed by atoms with E-state index < -0.39 is 0 Å². The second-order valence-electron chi connectivity index (χ2n) is 4.82. The third-order valence-electron chi connectivity index (χ3n) is 3.40. The molecule has 1 heterocycles. The molecule has 1 aromatic carbocycles. The van der Waals surface area contributed by atoms with E-state index in [9.17, 15) is 0 Å². The highest BCUT2D eigenvalue weighted by Gasteiger charge is 2.27. The van der Waals surface area contributed by atoms with Crippen LogP contribution in [-0.2, 0) is 0 Å². The van der Waals surface area contributed by atoms with Gasteiger partial charge in [0.25, 0.3) is 0 Å². The third kappa shape index (κ3) is 2.33. The van der Waals surface area contributed by atoms with Crippen molar-refractivity contribution in [1.82, 2.24) is 10.2 Å². The van der Waals surface area contributed by atoms with Crippen LogP contribution in [0.25, 0.3) is 11.3 Å². The molecule has 0 bridgehead atoms. The molecular formula is C14H17N3. The van der Waals surface area contributed by atoms with Crippen LogP contribution < -0.4 is 5.32 Å². The summed E-state index contributed by atoms with van der Waals surface area (Å²) in [5.41, 5.74) is 3.43. The minimum Gasteiger partial charge on any atom is -0.382 e. The number of nitrogens with one attached hydrogen (secondary N) is 2. The zero-order valence-corrected chi connectivity index (χ0v) is 9.98. The van der Waals surface area contributed by atoms with Crippen molar-refractivity contribution in [2.45, 2.75) is 25.8 Å². The molecule has 1 unspecified atom stereocenters. The van der Waals surface area contributed by atoms with Crippen LogP contribution in [0.15, 0.2) is 36.5 Å². The first-order chi connectivity index (χ1) is 8.33. The normalized spacial score (nSPS) is 16.8. The van der Waals surface area contributed by atoms with Crippen molar-refractivity contribution in [2.75, 3.05) is 5.32 Å². The predicted molar refractivity (Wildman–Crippen MR) is 69.8 cm³/mol. The van der Waals surface area contributed by atoms with Crippen molar-refractivity contribution in [3.8, 4) is 11.3 Å². The Hall–Kier alpha value is -1.77. The van der Waals surface area contributed by atoms with E-state index in [1.165, 1.54) is 24.1 Å². The van der Waals surface area contributed by atoms with Gasteiger partial charge in [0, 0.05) is 23.5 Å². The van der Waals surface area contributed by atoms with Gasteiger partial charge in [0.15, 0.2) is 0 Å². The summed E-state index contributed by atoms with van der Waals surface area (Å²) in [6.45, 7) is 2.26. The number of H-pyrrole nitrogens is 1. The lowest BCUT2D eigenvalue weighted by atomic mass is 10.1. The average Bonchev–Trinajstić information content (AvgIpc) is 3.05. The van der Waals surface area contributed by atoms with Crippen LogP contribution in [0.4, 0.5) is 5.69 Å². The maximum Gasteiger partial charge on any atom is 0.0650 e. The first-order valence-electron chi connectivity index (χ1n) is 6.19. The molecule has 2 N–H and O–H groups in total. The average molecular weight is 227 g/mol. The Labute approximate surface area is 101 Å². The molecule has 0 spiro atoms. The molecule has 0 radical (unpaired) electrons. The molecule has 2 aromatic rings. The van der Waals surface area contributed by atoms with E-state index in [0.29, 0.717) is 6.04 Å². The van der Waals surface area contributed by atoms with Gasteiger partial charge in [-0.2, -0.15) is 5.10 Å². The second kappa shape index (κ2) is 4.24. The second-order valence-corrected chi connectivity index (χ2v) is 4.82. The maximum absolute atomic E-state index is 3.98. The van der Waals surface area contributed by atoms with E-state index in [4.69, 9.17) is 0 Å². The van der Waals surface area contributed by atoms with Crippen LogP contribution in [-0.4, -0.2) is 16.2 Å². The van der Waals surface area contributed by atoms with Gasteiger partial charge in [0.2, 0.25) is 0 Å². The Kier molecular flexibility index (Phi) is 2.59. The SMILES string of the molecule is CC(Nc1cccc(-c2ccn[nH]2)c1)C1CC1. The lowest BCUT2D eigenvalue weighted by Crippen LogP contribution is -2.17. The van der Waals surface area contributed by atoms with E-state index in [1.54, 1.807) is 6.20 Å². The summed E-state index contributed by atoms with van der Waals surface area (Å²) < 4.78 is 0. The zero-order chi connectivity index (χ0) is 11.7. The zero-order valence-electron chi connectivity index (χ0n) is 9.98. The van der Waals surface area contributed by atoms with E-state index in [2.05, 4.69) is 46.7 Å². The maximum atomic E-state index is 3.98. The summed E-state index contributed by atoms with van der Waals surface area (Å²) in [5.74, 6) is 0.866. The molecule has 88 valence electrons. The van der Waals surface area contributed by atoms with Crippen LogP contribution in [0.1, 0.15) is 19.8 Å². The topological polar surface area (TPSA) is 40.7 Å². The Morgan fingerprint density at radius 2 is 2.24 bits per heavy atom. The number of hydrogen-bond acceptors (Lipinski definition) is 2. The van der Waals surface area contributed by atoms with Gasteiger partial charge in [-0.15, -0.1) is 0 Å². The molecule has 0 saturated heterocycles. The van der Waals surface area contributed by atoms with Gasteiger partial charge in [-0.3, -0.25) is 5.10 Å². The van der Waals surface area contributed by atoms with E-state index in [0.717, 1.165) is 11.6 Å². The molecule has 1 aliphatic carbocycles. The highest BCUT2D eigenvalue weighted by atomic mass is 15.1. The highest BCUT2D eigenvalue weighted by Crippen LogP contribution is 2.34. The van der Waals surface area contributed by atoms with Gasteiger partial charge in [-0.05, 0) is 43.9 Å². The fourth-order valence-electron chi connectivity index (χ4n) is 2.17. The molecule has 1 aromatic heterocycles. The standard InChI is InChI=1S/C14H17N3/c1-10(11-5-6-11)16-13-4-2-3-12(9-13)14-7-8-15-17-14/h2-4,7-11,16H,5-6H2,1H3,(H,15,17). The van der Waals surface area contributed by atoms with Crippen molar-refractivity contribution in [2.24, 2.45) is 5.92 Å². The van der Waals surface area contributed by atoms with Crippen molar-refractivity contribution < 1.29 is 0 Å². The monoisotopic (exact) mass is 227 g/mol.